The van der Waals surface area contributed by atoms with Gasteiger partial charge in [0.2, 0.25) is 0 Å². The van der Waals surface area contributed by atoms with Crippen LogP contribution < -0.4 is 0 Å². The molecule has 0 aromatic heterocycles. The second-order valence-corrected chi connectivity index (χ2v) is 1.25. The van der Waals surface area contributed by atoms with E-state index in [-0.39, 0.29) is 5.97 Å². The minimum absolute atomic E-state index is 0.245. The highest BCUT2D eigenvalue weighted by Gasteiger charge is 1.82. The lowest BCUT2D eigenvalue weighted by molar-refractivity contribution is -0.140. The number of methoxy groups -OCH3 is 1. The summed E-state index contributed by atoms with van der Waals surface area (Å²) in [4.78, 5) is 18.7. The third-order valence-electron chi connectivity index (χ3n) is 0.423. The van der Waals surface area contributed by atoms with E-state index in [1.165, 1.54) is 14.0 Å². The highest BCUT2D eigenvalue weighted by atomic mass is 16.5. The summed E-state index contributed by atoms with van der Waals surface area (Å²) < 4.78 is 4.11. The summed E-state index contributed by atoms with van der Waals surface area (Å²) in [5.41, 5.74) is 0. The molecule has 0 radical (unpaired) electrons. The Balaban J connectivity index is 0. The minimum atomic E-state index is -1.19. The fraction of sp³-hybridized carbons (Fsp3) is 0.600. The van der Waals surface area contributed by atoms with Gasteiger partial charge in [0, 0.05) is 6.92 Å². The quantitative estimate of drug-likeness (QED) is 0.480. The molecule has 0 amide bonds. The zero-order valence-corrected chi connectivity index (χ0v) is 5.83. The maximum atomic E-state index is 9.59. The van der Waals surface area contributed by atoms with Crippen molar-refractivity contribution in [3.63, 3.8) is 0 Å². The molecule has 5 nitrogen and oxygen atoms in total. The van der Waals surface area contributed by atoms with Crippen LogP contribution in [-0.4, -0.2) is 35.9 Å². The maximum absolute atomic E-state index is 9.59. The van der Waals surface area contributed by atoms with Crippen LogP contribution in [0.15, 0.2) is 0 Å². The predicted octanol–water partition coefficient (Wildman–Crippen LogP) is -0.757. The van der Waals surface area contributed by atoms with E-state index < -0.39 is 12.6 Å². The van der Waals surface area contributed by atoms with Gasteiger partial charge in [0.05, 0.1) is 7.11 Å². The van der Waals surface area contributed by atoms with Crippen LogP contribution >= 0.6 is 0 Å². The molecule has 5 heteroatoms. The van der Waals surface area contributed by atoms with Crippen molar-refractivity contribution in [1.82, 2.24) is 0 Å². The SMILES string of the molecule is COC(C)=O.O=C(O)CO. The Labute approximate surface area is 58.2 Å². The molecule has 10 heavy (non-hydrogen) atoms. The van der Waals surface area contributed by atoms with E-state index in [0.717, 1.165) is 0 Å². The molecule has 60 valence electrons. The summed E-state index contributed by atoms with van der Waals surface area (Å²) in [7, 11) is 1.35. The number of carboxylic acid groups (broad SMARTS) is 1. The molecule has 0 saturated heterocycles. The zero-order chi connectivity index (χ0) is 8.57. The highest BCUT2D eigenvalue weighted by Crippen LogP contribution is 1.60. The van der Waals surface area contributed by atoms with Gasteiger partial charge >= 0.3 is 11.9 Å². The Morgan fingerprint density at radius 1 is 1.50 bits per heavy atom. The van der Waals surface area contributed by atoms with Crippen molar-refractivity contribution in [3.05, 3.63) is 0 Å². The van der Waals surface area contributed by atoms with Gasteiger partial charge in [-0.1, -0.05) is 0 Å². The molecule has 0 aromatic rings. The normalized spacial score (nSPS) is 7.10. The fourth-order valence-corrected chi connectivity index (χ4v) is 0. The predicted molar refractivity (Wildman–Crippen MR) is 32.4 cm³/mol. The molecule has 2 N–H and O–H groups in total. The second-order valence-electron chi connectivity index (χ2n) is 1.25. The van der Waals surface area contributed by atoms with E-state index in [9.17, 15) is 4.79 Å². The summed E-state index contributed by atoms with van der Waals surface area (Å²) >= 11 is 0. The van der Waals surface area contributed by atoms with Gasteiger partial charge in [0.1, 0.15) is 6.61 Å². The Bertz CT molecular complexity index is 94.6. The van der Waals surface area contributed by atoms with Gasteiger partial charge in [-0.15, -0.1) is 0 Å². The first kappa shape index (κ1) is 11.7. The summed E-state index contributed by atoms with van der Waals surface area (Å²) in [6.45, 7) is 0.583. The number of aliphatic hydroxyl groups excluding tert-OH is 1. The van der Waals surface area contributed by atoms with E-state index in [0.29, 0.717) is 0 Å². The van der Waals surface area contributed by atoms with Crippen molar-refractivity contribution in [1.29, 1.82) is 0 Å². The molecule has 0 heterocycles. The van der Waals surface area contributed by atoms with Crippen LogP contribution in [0.2, 0.25) is 0 Å². The van der Waals surface area contributed by atoms with E-state index in [1.54, 1.807) is 0 Å². The van der Waals surface area contributed by atoms with Crippen LogP contribution in [0.25, 0.3) is 0 Å². The molecule has 0 atom stereocenters. The van der Waals surface area contributed by atoms with Gasteiger partial charge in [0.25, 0.3) is 0 Å². The molecule has 0 unspecified atom stereocenters. The molecule has 0 aromatic carbocycles. The summed E-state index contributed by atoms with van der Waals surface area (Å²) in [6.07, 6.45) is 0. The number of hydrogen-bond acceptors (Lipinski definition) is 4. The van der Waals surface area contributed by atoms with Gasteiger partial charge < -0.3 is 14.9 Å². The van der Waals surface area contributed by atoms with Crippen LogP contribution in [0.1, 0.15) is 6.92 Å². The molecule has 0 rings (SSSR count). The minimum Gasteiger partial charge on any atom is -0.480 e. The lowest BCUT2D eigenvalue weighted by atomic mass is 10.8. The van der Waals surface area contributed by atoms with Crippen LogP contribution in [0.4, 0.5) is 0 Å². The van der Waals surface area contributed by atoms with Gasteiger partial charge in [-0.05, 0) is 0 Å². The van der Waals surface area contributed by atoms with E-state index >= 15 is 0 Å². The van der Waals surface area contributed by atoms with Gasteiger partial charge in [-0.2, -0.15) is 0 Å². The Kier molecular flexibility index (Phi) is 9.22. The second kappa shape index (κ2) is 7.90. The highest BCUT2D eigenvalue weighted by molar-refractivity contribution is 5.67. The standard InChI is InChI=1S/C3H6O2.C2H4O3/c1-3(4)5-2;3-1-2(4)5/h1-2H3;3H,1H2,(H,4,5). The molecular weight excluding hydrogens is 140 g/mol. The summed E-state index contributed by atoms with van der Waals surface area (Å²) in [6, 6.07) is 0. The third kappa shape index (κ3) is 28.6. The number of aliphatic hydroxyl groups is 1. The average molecular weight is 150 g/mol. The van der Waals surface area contributed by atoms with Crippen molar-refractivity contribution in [2.45, 2.75) is 6.92 Å². The molecule has 0 aliphatic carbocycles. The Hall–Kier alpha value is -1.10. The average Bonchev–Trinajstić information content (AvgIpc) is 1.89. The van der Waals surface area contributed by atoms with Gasteiger partial charge in [-0.3, -0.25) is 4.79 Å². The monoisotopic (exact) mass is 150 g/mol. The molecule has 0 aliphatic rings. The molecule has 0 saturated carbocycles. The van der Waals surface area contributed by atoms with Crippen LogP contribution in [-0.2, 0) is 14.3 Å². The number of ether oxygens (including phenoxy) is 1. The number of hydrogen-bond donors (Lipinski definition) is 2. The Morgan fingerprint density at radius 2 is 1.70 bits per heavy atom. The molecular formula is C5H10O5. The van der Waals surface area contributed by atoms with Crippen molar-refractivity contribution in [2.75, 3.05) is 13.7 Å². The zero-order valence-electron chi connectivity index (χ0n) is 5.83. The fourth-order valence-electron chi connectivity index (χ4n) is 0. The largest absolute Gasteiger partial charge is 0.480 e. The number of carboxylic acids is 1. The number of rotatable bonds is 1. The molecule has 0 bridgehead atoms. The number of aliphatic carboxylic acids is 1. The summed E-state index contributed by atoms with van der Waals surface area (Å²) in [5.74, 6) is -1.44. The first-order valence-electron chi connectivity index (χ1n) is 2.41. The van der Waals surface area contributed by atoms with Crippen molar-refractivity contribution < 1.29 is 24.5 Å². The first-order chi connectivity index (χ1) is 4.54. The van der Waals surface area contributed by atoms with E-state index in [4.69, 9.17) is 15.0 Å². The Morgan fingerprint density at radius 3 is 1.70 bits per heavy atom. The van der Waals surface area contributed by atoms with Crippen LogP contribution in [0.5, 0.6) is 0 Å². The smallest absolute Gasteiger partial charge is 0.329 e. The number of carbonyl (C=O) groups is 2. The molecule has 0 aliphatic heterocycles. The van der Waals surface area contributed by atoms with Crippen molar-refractivity contribution in [3.8, 4) is 0 Å². The maximum Gasteiger partial charge on any atom is 0.329 e. The van der Waals surface area contributed by atoms with Crippen LogP contribution in [0, 0.1) is 0 Å². The van der Waals surface area contributed by atoms with Crippen molar-refractivity contribution >= 4 is 11.9 Å². The topological polar surface area (TPSA) is 83.8 Å². The van der Waals surface area contributed by atoms with E-state index in [1.807, 2.05) is 0 Å². The lowest BCUT2D eigenvalue weighted by Crippen LogP contribution is -1.98. The molecule has 0 spiro atoms. The first-order valence-corrected chi connectivity index (χ1v) is 2.41. The lowest BCUT2D eigenvalue weighted by Gasteiger charge is -1.80. The molecule has 0 fully saturated rings. The number of carbonyl (C=O) groups excluding carboxylic acids is 1. The van der Waals surface area contributed by atoms with E-state index in [2.05, 4.69) is 4.74 Å². The van der Waals surface area contributed by atoms with Gasteiger partial charge in [-0.25, -0.2) is 4.79 Å². The summed E-state index contributed by atoms with van der Waals surface area (Å²) in [5, 5.41) is 15.0. The van der Waals surface area contributed by atoms with Crippen molar-refractivity contribution in [2.24, 2.45) is 0 Å². The number of esters is 1. The van der Waals surface area contributed by atoms with Gasteiger partial charge in [0.15, 0.2) is 0 Å². The van der Waals surface area contributed by atoms with Crippen LogP contribution in [0.3, 0.4) is 0 Å². The third-order valence-corrected chi connectivity index (χ3v) is 0.423.